The van der Waals surface area contributed by atoms with Gasteiger partial charge >= 0.3 is 0 Å². The standard InChI is InChI=1S/C46H29N3.C26H17N.C20H13ClN2/c1-4-14-30(15-5-1)38-29-42-44(37-23-13-12-22-36(37)38)43-35-21-11-10-16-31(35)24-27-41(43)49(42)34-25-26-40-39(28-34)45(32-17-6-2-7-18-32)48-46(47-40)33-19-8-3-9-20-33;1-2-8-17(9-3-1)22-16-24-26(21-13-7-6-12-20(21)22)25-19-11-5-4-10-18(19)14-15-23(25)27-24;21-16-11-12-18-17(13-16)19(14-7-3-1-4-8-14)23-20(22-18)15-9-5-2-6-10-15/h1-29H;1-16,27H;1-13H. The Morgan fingerprint density at radius 2 is 0.646 bits per heavy atom. The summed E-state index contributed by atoms with van der Waals surface area (Å²) in [7, 11) is 0. The van der Waals surface area contributed by atoms with Crippen LogP contribution < -0.4 is 0 Å². The predicted octanol–water partition coefficient (Wildman–Crippen LogP) is 24.9. The molecular weight excluding hydrogens is 1220 g/mol. The number of aromatic nitrogens is 6. The molecule has 0 saturated carbocycles. The van der Waals surface area contributed by atoms with Crippen LogP contribution in [0.25, 0.3) is 182 Å². The van der Waals surface area contributed by atoms with Crippen LogP contribution in [0, 0.1) is 0 Å². The highest BCUT2D eigenvalue weighted by molar-refractivity contribution is 6.32. The number of hydrogen-bond donors (Lipinski definition) is 1. The summed E-state index contributed by atoms with van der Waals surface area (Å²) in [4.78, 5) is 23.5. The van der Waals surface area contributed by atoms with Gasteiger partial charge in [-0.05, 0) is 126 Å². The van der Waals surface area contributed by atoms with E-state index in [4.69, 9.17) is 31.5 Å². The monoisotopic (exact) mass is 1280 g/mol. The minimum atomic E-state index is 0.686. The summed E-state index contributed by atoms with van der Waals surface area (Å²) in [6.07, 6.45) is 0. The third-order valence-electron chi connectivity index (χ3n) is 19.1. The van der Waals surface area contributed by atoms with E-state index < -0.39 is 0 Å². The Kier molecular flexibility index (Phi) is 14.8. The molecule has 16 aromatic carbocycles. The maximum absolute atomic E-state index is 6.18. The van der Waals surface area contributed by atoms with Crippen LogP contribution in [0.2, 0.25) is 5.02 Å². The zero-order chi connectivity index (χ0) is 65.8. The lowest BCUT2D eigenvalue weighted by atomic mass is 9.94. The molecule has 0 bridgehead atoms. The van der Waals surface area contributed by atoms with Gasteiger partial charge in [0.05, 0.1) is 33.5 Å². The molecule has 4 heterocycles. The molecule has 7 heteroatoms. The minimum Gasteiger partial charge on any atom is -0.354 e. The first-order chi connectivity index (χ1) is 49.0. The summed E-state index contributed by atoms with van der Waals surface area (Å²) in [6, 6.07) is 123. The van der Waals surface area contributed by atoms with Crippen LogP contribution in [0.4, 0.5) is 0 Å². The van der Waals surface area contributed by atoms with Gasteiger partial charge in [0.1, 0.15) is 0 Å². The topological polar surface area (TPSA) is 72.3 Å². The molecule has 20 aromatic rings. The average Bonchev–Trinajstić information content (AvgIpc) is 1.57. The van der Waals surface area contributed by atoms with Crippen molar-refractivity contribution < 1.29 is 0 Å². The van der Waals surface area contributed by atoms with Crippen molar-refractivity contribution in [2.24, 2.45) is 0 Å². The van der Waals surface area contributed by atoms with Crippen LogP contribution in [0.1, 0.15) is 0 Å². The molecule has 0 radical (unpaired) electrons. The number of fused-ring (bicyclic) bond motifs is 16. The molecule has 6 nitrogen and oxygen atoms in total. The van der Waals surface area contributed by atoms with Gasteiger partial charge in [-0.1, -0.05) is 303 Å². The lowest BCUT2D eigenvalue weighted by molar-refractivity contribution is 1.18. The highest BCUT2D eigenvalue weighted by atomic mass is 35.5. The Morgan fingerprint density at radius 1 is 0.253 bits per heavy atom. The molecule has 4 aromatic heterocycles. The van der Waals surface area contributed by atoms with E-state index in [1.807, 2.05) is 91.0 Å². The second-order valence-corrected chi connectivity index (χ2v) is 25.4. The lowest BCUT2D eigenvalue weighted by Gasteiger charge is -2.14. The van der Waals surface area contributed by atoms with Crippen molar-refractivity contribution >= 4 is 120 Å². The summed E-state index contributed by atoms with van der Waals surface area (Å²) in [5.74, 6) is 1.45. The van der Waals surface area contributed by atoms with E-state index in [2.05, 4.69) is 270 Å². The first-order valence-electron chi connectivity index (χ1n) is 33.4. The number of rotatable bonds is 7. The molecule has 0 aliphatic rings. The van der Waals surface area contributed by atoms with E-state index in [0.717, 1.165) is 72.8 Å². The normalized spacial score (nSPS) is 11.5. The fourth-order valence-corrected chi connectivity index (χ4v) is 14.8. The number of nitrogens with zero attached hydrogens (tertiary/aromatic N) is 5. The number of aromatic amines is 1. The highest BCUT2D eigenvalue weighted by Crippen LogP contribution is 2.46. The molecule has 0 saturated heterocycles. The van der Waals surface area contributed by atoms with Gasteiger partial charge in [0.15, 0.2) is 11.6 Å². The van der Waals surface area contributed by atoms with Gasteiger partial charge in [-0.2, -0.15) is 0 Å². The third kappa shape index (κ3) is 10.6. The van der Waals surface area contributed by atoms with Crippen LogP contribution in [0.3, 0.4) is 0 Å². The fourth-order valence-electron chi connectivity index (χ4n) is 14.6. The van der Waals surface area contributed by atoms with Crippen LogP contribution in [-0.2, 0) is 0 Å². The van der Waals surface area contributed by atoms with Crippen molar-refractivity contribution in [2.75, 3.05) is 0 Å². The predicted molar refractivity (Wildman–Crippen MR) is 417 cm³/mol. The highest BCUT2D eigenvalue weighted by Gasteiger charge is 2.22. The minimum absolute atomic E-state index is 0.686. The largest absolute Gasteiger partial charge is 0.354 e. The van der Waals surface area contributed by atoms with Gasteiger partial charge < -0.3 is 9.55 Å². The zero-order valence-corrected chi connectivity index (χ0v) is 54.4. The quantitative estimate of drug-likeness (QED) is 0.173. The van der Waals surface area contributed by atoms with E-state index in [1.165, 1.54) is 109 Å². The average molecular weight is 1280 g/mol. The number of hydrogen-bond acceptors (Lipinski definition) is 4. The van der Waals surface area contributed by atoms with Crippen LogP contribution in [0.5, 0.6) is 0 Å². The maximum atomic E-state index is 6.18. The fraction of sp³-hybridized carbons (Fsp3) is 0. The second-order valence-electron chi connectivity index (χ2n) is 25.0. The molecule has 0 aliphatic heterocycles. The molecule has 0 amide bonds. The number of H-pyrrole nitrogens is 1. The van der Waals surface area contributed by atoms with Crippen molar-refractivity contribution in [1.82, 2.24) is 29.5 Å². The zero-order valence-electron chi connectivity index (χ0n) is 53.6. The Labute approximate surface area is 576 Å². The molecule has 0 aliphatic carbocycles. The van der Waals surface area contributed by atoms with E-state index >= 15 is 0 Å². The SMILES string of the molecule is Clc1ccc2nc(-c3ccccc3)nc(-c3ccccc3)c2c1.c1ccc(-c2cc3[nH]c4ccc5ccccc5c4c3c3ccccc23)cc1.c1ccc(-c2nc(-c3ccccc3)c3cc(-n4c5ccc6ccccc6c5c5c6ccccc6c(-c6ccccc6)cc54)ccc3n2)cc1. The van der Waals surface area contributed by atoms with Crippen LogP contribution in [-0.4, -0.2) is 29.5 Å². The van der Waals surface area contributed by atoms with Crippen molar-refractivity contribution in [3.63, 3.8) is 0 Å². The van der Waals surface area contributed by atoms with Gasteiger partial charge in [-0.3, -0.25) is 0 Å². The molecule has 1 N–H and O–H groups in total. The summed E-state index contributed by atoms with van der Waals surface area (Å²) in [6.45, 7) is 0. The van der Waals surface area contributed by atoms with Gasteiger partial charge in [0.25, 0.3) is 0 Å². The number of benzene rings is 16. The molecule has 464 valence electrons. The Hall–Kier alpha value is -12.9. The Bertz CT molecular complexity index is 6460. The van der Waals surface area contributed by atoms with E-state index in [1.54, 1.807) is 0 Å². The second kappa shape index (κ2) is 25.0. The first-order valence-corrected chi connectivity index (χ1v) is 33.8. The number of halogens is 1. The smallest absolute Gasteiger partial charge is 0.160 e. The van der Waals surface area contributed by atoms with Gasteiger partial charge in [-0.25, -0.2) is 19.9 Å². The van der Waals surface area contributed by atoms with E-state index in [-0.39, 0.29) is 0 Å². The van der Waals surface area contributed by atoms with Gasteiger partial charge in [-0.15, -0.1) is 0 Å². The van der Waals surface area contributed by atoms with Crippen molar-refractivity contribution in [1.29, 1.82) is 0 Å². The van der Waals surface area contributed by atoms with E-state index in [0.29, 0.717) is 5.02 Å². The summed E-state index contributed by atoms with van der Waals surface area (Å²) in [5.41, 5.74) is 18.5. The third-order valence-corrected chi connectivity index (χ3v) is 19.3. The Morgan fingerprint density at radius 3 is 1.18 bits per heavy atom. The first kappa shape index (κ1) is 58.7. The molecule has 20 rings (SSSR count). The Balaban J connectivity index is 0.000000119. The summed E-state index contributed by atoms with van der Waals surface area (Å²) >= 11 is 6.18. The van der Waals surface area contributed by atoms with Crippen LogP contribution in [0.15, 0.2) is 352 Å². The molecular formula is C92H59ClN6. The summed E-state index contributed by atoms with van der Waals surface area (Å²) in [5, 5.41) is 18.0. The van der Waals surface area contributed by atoms with E-state index in [9.17, 15) is 0 Å². The van der Waals surface area contributed by atoms with Gasteiger partial charge in [0, 0.05) is 76.3 Å². The number of nitrogens with one attached hydrogen (secondary N) is 1. The van der Waals surface area contributed by atoms with Crippen molar-refractivity contribution in [2.45, 2.75) is 0 Å². The summed E-state index contributed by atoms with van der Waals surface area (Å²) < 4.78 is 2.44. The lowest BCUT2D eigenvalue weighted by Crippen LogP contribution is -1.98. The molecule has 0 spiro atoms. The molecule has 0 atom stereocenters. The van der Waals surface area contributed by atoms with Crippen molar-refractivity contribution in [3.8, 4) is 73.2 Å². The molecule has 99 heavy (non-hydrogen) atoms. The van der Waals surface area contributed by atoms with Crippen molar-refractivity contribution in [3.05, 3.63) is 357 Å². The van der Waals surface area contributed by atoms with Crippen LogP contribution >= 0.6 is 11.6 Å². The maximum Gasteiger partial charge on any atom is 0.160 e. The molecule has 0 fully saturated rings. The van der Waals surface area contributed by atoms with Gasteiger partial charge in [0.2, 0.25) is 0 Å². The molecule has 0 unspecified atom stereocenters.